The lowest BCUT2D eigenvalue weighted by molar-refractivity contribution is 0.469. The molecule has 1 aliphatic heterocycles. The molecule has 1 aliphatic rings. The molecule has 5 rings (SSSR count). The summed E-state index contributed by atoms with van der Waals surface area (Å²) < 4.78 is 49.1. The van der Waals surface area contributed by atoms with Crippen molar-refractivity contribution in [1.82, 2.24) is 0 Å². The number of sulfonamides is 1. The fraction of sp³-hybridized carbons (Fsp3) is 0. The number of halogens is 2. The third-order valence-corrected chi connectivity index (χ3v) is 9.50. The molecule has 0 fully saturated rings. The molecule has 192 valence electrons. The molecule has 0 saturated carbocycles. The lowest BCUT2D eigenvalue weighted by Crippen LogP contribution is -2.14. The lowest BCUT2D eigenvalue weighted by atomic mass is 10.2. The molecule has 0 unspecified atom stereocenters. The number of nitrogens with one attached hydrogen (secondary N) is 2. The Morgan fingerprint density at radius 3 is 1.87 bits per heavy atom. The maximum absolute atomic E-state index is 14.2. The van der Waals surface area contributed by atoms with E-state index in [1.807, 2.05) is 60.7 Å². The molecule has 0 aliphatic carbocycles. The van der Waals surface area contributed by atoms with Gasteiger partial charge in [0.25, 0.3) is 10.0 Å². The highest BCUT2D eigenvalue weighted by Crippen LogP contribution is 2.56. The highest BCUT2D eigenvalue weighted by Gasteiger charge is 2.28. The van der Waals surface area contributed by atoms with Gasteiger partial charge < -0.3 is 9.82 Å². The number of anilines is 2. The molecule has 38 heavy (non-hydrogen) atoms. The largest absolute Gasteiger partial charge is 0.456 e. The van der Waals surface area contributed by atoms with E-state index in [2.05, 4.69) is 9.81 Å². The van der Waals surface area contributed by atoms with E-state index in [4.69, 9.17) is 27.9 Å². The van der Waals surface area contributed by atoms with Crippen LogP contribution in [0, 0.1) is 0 Å². The van der Waals surface area contributed by atoms with Gasteiger partial charge in [-0.3, -0.25) is 9.29 Å². The van der Waals surface area contributed by atoms with Crippen molar-refractivity contribution in [1.29, 1.82) is 0 Å². The lowest BCUT2D eigenvalue weighted by Gasteiger charge is -2.24. The topological polar surface area (TPSA) is 84.5 Å². The van der Waals surface area contributed by atoms with Crippen LogP contribution in [-0.4, -0.2) is 8.42 Å². The van der Waals surface area contributed by atoms with Crippen molar-refractivity contribution in [2.24, 2.45) is 0 Å². The maximum Gasteiger partial charge on any atom is 0.263 e. The monoisotopic (exact) mass is 582 g/mol. The van der Waals surface area contributed by atoms with Crippen LogP contribution < -0.4 is 9.81 Å². The van der Waals surface area contributed by atoms with Crippen LogP contribution in [0.25, 0.3) is 11.5 Å². The molecule has 0 atom stereocenters. The first kappa shape index (κ1) is 26.1. The molecule has 2 N–H and O–H groups in total. The Morgan fingerprint density at radius 2 is 1.29 bits per heavy atom. The summed E-state index contributed by atoms with van der Waals surface area (Å²) in [5.74, 6) is 3.91. The van der Waals surface area contributed by atoms with Gasteiger partial charge in [0, 0.05) is 33.5 Å². The third-order valence-electron chi connectivity index (χ3n) is 5.56. The van der Waals surface area contributed by atoms with Crippen molar-refractivity contribution in [2.75, 3.05) is 9.81 Å². The minimum atomic E-state index is -4.08. The smallest absolute Gasteiger partial charge is 0.263 e. The summed E-state index contributed by atoms with van der Waals surface area (Å²) in [6, 6.07) is 29.3. The van der Waals surface area contributed by atoms with Gasteiger partial charge in [-0.25, -0.2) is 8.42 Å². The number of hydrogen-bond donors (Lipinski definition) is 2. The Hall–Kier alpha value is -3.48. The minimum absolute atomic E-state index is 0.0105. The Kier molecular flexibility index (Phi) is 7.37. The fourth-order valence-corrected chi connectivity index (χ4v) is 7.45. The molecule has 0 bridgehead atoms. The second kappa shape index (κ2) is 10.7. The second-order valence-corrected chi connectivity index (χ2v) is 13.1. The van der Waals surface area contributed by atoms with Crippen LogP contribution >= 0.6 is 30.5 Å². The summed E-state index contributed by atoms with van der Waals surface area (Å²) in [7, 11) is -7.49. The van der Waals surface area contributed by atoms with E-state index in [1.54, 1.807) is 24.3 Å². The standard InChI is InChI=1S/C28H21Cl2N2O4PS/c29-22-12-7-13-24(16-22)32-38(34,35)28-17-23(14-15-25(28)30)31-37(33)18-26(20-8-3-1-4-9-20)36-27(19-37)21-10-5-2-6-11-21/h1-19,32H,(H,31,33). The van der Waals surface area contributed by atoms with Crippen LogP contribution in [0.4, 0.5) is 11.4 Å². The van der Waals surface area contributed by atoms with Crippen LogP contribution in [0.1, 0.15) is 11.1 Å². The highest BCUT2D eigenvalue weighted by atomic mass is 35.5. The Morgan fingerprint density at radius 1 is 0.684 bits per heavy atom. The van der Waals surface area contributed by atoms with E-state index >= 15 is 0 Å². The zero-order valence-corrected chi connectivity index (χ0v) is 22.9. The highest BCUT2D eigenvalue weighted by molar-refractivity contribution is 7.92. The normalized spacial score (nSPS) is 14.6. The molecule has 0 radical (unpaired) electrons. The number of benzene rings is 4. The number of rotatable bonds is 7. The first-order valence-corrected chi connectivity index (χ1v) is 15.5. The van der Waals surface area contributed by atoms with Gasteiger partial charge in [0.1, 0.15) is 16.4 Å². The van der Waals surface area contributed by atoms with E-state index in [0.29, 0.717) is 22.2 Å². The summed E-state index contributed by atoms with van der Waals surface area (Å²) in [6.45, 7) is 0. The minimum Gasteiger partial charge on any atom is -0.456 e. The summed E-state index contributed by atoms with van der Waals surface area (Å²) in [5, 5.41) is 3.41. The summed E-state index contributed by atoms with van der Waals surface area (Å²) >= 11 is 12.3. The average molecular weight is 583 g/mol. The molecular formula is C28H21Cl2N2O4PS. The first-order chi connectivity index (χ1) is 18.2. The van der Waals surface area contributed by atoms with Crippen LogP contribution in [0.5, 0.6) is 0 Å². The van der Waals surface area contributed by atoms with Gasteiger partial charge in [-0.15, -0.1) is 0 Å². The zero-order chi connectivity index (χ0) is 26.8. The molecule has 6 nitrogen and oxygen atoms in total. The second-order valence-electron chi connectivity index (χ2n) is 8.40. The van der Waals surface area contributed by atoms with Gasteiger partial charge in [0.2, 0.25) is 7.29 Å². The zero-order valence-electron chi connectivity index (χ0n) is 19.7. The van der Waals surface area contributed by atoms with Crippen LogP contribution in [-0.2, 0) is 19.3 Å². The SMILES string of the molecule is O=P1(Nc2ccc(Cl)c(S(=O)(=O)Nc3cccc(Cl)c3)c2)C=C(c2ccccc2)OC(c2ccccc2)=C1. The predicted molar refractivity (Wildman–Crippen MR) is 155 cm³/mol. The van der Waals surface area contributed by atoms with Crippen molar-refractivity contribution in [3.8, 4) is 0 Å². The quantitative estimate of drug-likeness (QED) is 0.213. The van der Waals surface area contributed by atoms with Crippen LogP contribution in [0.2, 0.25) is 10.0 Å². The fourth-order valence-electron chi connectivity index (χ4n) is 3.84. The van der Waals surface area contributed by atoms with Crippen LogP contribution in [0.3, 0.4) is 0 Å². The van der Waals surface area contributed by atoms with Crippen molar-refractivity contribution < 1.29 is 17.7 Å². The Bertz CT molecular complexity index is 1650. The average Bonchev–Trinajstić information content (AvgIpc) is 2.90. The number of ether oxygens (including phenoxy) is 1. The van der Waals surface area contributed by atoms with Crippen molar-refractivity contribution >= 4 is 63.4 Å². The van der Waals surface area contributed by atoms with Gasteiger partial charge >= 0.3 is 0 Å². The van der Waals surface area contributed by atoms with E-state index in [1.165, 1.54) is 29.8 Å². The molecule has 1 heterocycles. The molecule has 4 aromatic carbocycles. The summed E-state index contributed by atoms with van der Waals surface area (Å²) in [6.07, 6.45) is 0. The summed E-state index contributed by atoms with van der Waals surface area (Å²) in [4.78, 5) is -0.177. The van der Waals surface area contributed by atoms with Crippen LogP contribution in [0.15, 0.2) is 120 Å². The Balaban J connectivity index is 1.52. The number of hydrogen-bond acceptors (Lipinski definition) is 4. The molecule has 0 spiro atoms. The van der Waals surface area contributed by atoms with E-state index in [0.717, 1.165) is 11.1 Å². The van der Waals surface area contributed by atoms with E-state index in [9.17, 15) is 13.0 Å². The first-order valence-electron chi connectivity index (χ1n) is 11.4. The van der Waals surface area contributed by atoms with E-state index in [-0.39, 0.29) is 15.6 Å². The predicted octanol–water partition coefficient (Wildman–Crippen LogP) is 8.51. The van der Waals surface area contributed by atoms with Gasteiger partial charge in [0.05, 0.1) is 10.7 Å². The summed E-state index contributed by atoms with van der Waals surface area (Å²) in [5.41, 5.74) is 2.09. The molecule has 0 saturated heterocycles. The van der Waals surface area contributed by atoms with Gasteiger partial charge in [-0.1, -0.05) is 89.9 Å². The van der Waals surface area contributed by atoms with Crippen molar-refractivity contribution in [2.45, 2.75) is 4.90 Å². The Labute approximate surface area is 231 Å². The molecule has 0 aromatic heterocycles. The van der Waals surface area contributed by atoms with Gasteiger partial charge in [-0.05, 0) is 36.4 Å². The van der Waals surface area contributed by atoms with E-state index < -0.39 is 17.3 Å². The van der Waals surface area contributed by atoms with Crippen molar-refractivity contribution in [3.63, 3.8) is 0 Å². The molecular weight excluding hydrogens is 562 g/mol. The molecule has 10 heteroatoms. The molecule has 4 aromatic rings. The molecule has 0 amide bonds. The maximum atomic E-state index is 14.2. The van der Waals surface area contributed by atoms with Crippen molar-refractivity contribution in [3.05, 3.63) is 136 Å². The third kappa shape index (κ3) is 5.98. The van der Waals surface area contributed by atoms with Gasteiger partial charge in [0.15, 0.2) is 0 Å². The van der Waals surface area contributed by atoms with Gasteiger partial charge in [-0.2, -0.15) is 0 Å².